The van der Waals surface area contributed by atoms with E-state index in [1.165, 1.54) is 21.1 Å². The van der Waals surface area contributed by atoms with E-state index in [9.17, 15) is 14.4 Å². The van der Waals surface area contributed by atoms with Gasteiger partial charge in [-0.05, 0) is 7.05 Å². The van der Waals surface area contributed by atoms with E-state index in [2.05, 4.69) is 16.2 Å². The lowest BCUT2D eigenvalue weighted by atomic mass is 10.2. The fraction of sp³-hybridized carbons (Fsp3) is 0.571. The number of nitrogens with one attached hydrogen (secondary N) is 3. The highest BCUT2D eigenvalue weighted by atomic mass is 16.2. The third kappa shape index (κ3) is 1.69. The van der Waals surface area contributed by atoms with E-state index < -0.39 is 23.9 Å². The molecule has 0 aromatic rings. The number of hydrogen-bond acceptors (Lipinski definition) is 6. The maximum Gasteiger partial charge on any atom is 0.363 e. The van der Waals surface area contributed by atoms with Gasteiger partial charge in [-0.3, -0.25) is 9.59 Å². The van der Waals surface area contributed by atoms with Crippen molar-refractivity contribution < 1.29 is 14.4 Å². The van der Waals surface area contributed by atoms with Gasteiger partial charge in [0.15, 0.2) is 6.04 Å². The molecule has 1 saturated heterocycles. The third-order valence-corrected chi connectivity index (χ3v) is 2.05. The normalized spacial score (nSPS) is 19.0. The summed E-state index contributed by atoms with van der Waals surface area (Å²) in [6, 6.07) is -1.80. The predicted molar refractivity (Wildman–Crippen MR) is 50.1 cm³/mol. The molecule has 3 N–H and O–H groups in total. The van der Waals surface area contributed by atoms with Crippen LogP contribution in [-0.4, -0.2) is 55.0 Å². The molecule has 0 aliphatic carbocycles. The second-order valence-corrected chi connectivity index (χ2v) is 2.80. The van der Waals surface area contributed by atoms with Gasteiger partial charge in [0, 0.05) is 14.1 Å². The Bertz CT molecular complexity index is 239. The summed E-state index contributed by atoms with van der Waals surface area (Å²) in [6.07, 6.45) is 0. The lowest BCUT2D eigenvalue weighted by molar-refractivity contribution is -0.149. The number of carbonyl (C=O) groups excluding carboxylic acids is 3. The van der Waals surface area contributed by atoms with E-state index in [-0.39, 0.29) is 0 Å². The van der Waals surface area contributed by atoms with Crippen molar-refractivity contribution in [1.29, 1.82) is 0 Å². The first-order valence-corrected chi connectivity index (χ1v) is 4.32. The number of hydrazine groups is 2. The minimum absolute atomic E-state index is 0.624. The Labute approximate surface area is 86.5 Å². The fourth-order valence-electron chi connectivity index (χ4n) is 1.31. The molecule has 0 bridgehead atoms. The summed E-state index contributed by atoms with van der Waals surface area (Å²) in [6.45, 7) is 0. The minimum Gasteiger partial charge on any atom is -0.301 e. The molecule has 8 heteroatoms. The third-order valence-electron chi connectivity index (χ3n) is 2.05. The number of urea groups is 1. The molecule has 1 aliphatic heterocycles. The molecular weight excluding hydrogens is 202 g/mol. The SMILES string of the molecule is CNC1C(=O)N(NC)C(=O)N(NC)C1=O. The van der Waals surface area contributed by atoms with Gasteiger partial charge < -0.3 is 5.32 Å². The van der Waals surface area contributed by atoms with Crippen molar-refractivity contribution in [1.82, 2.24) is 26.2 Å². The number of carbonyl (C=O) groups is 3. The van der Waals surface area contributed by atoms with Crippen molar-refractivity contribution in [3.63, 3.8) is 0 Å². The number of barbiturate groups is 1. The number of hydrogen-bond donors (Lipinski definition) is 3. The van der Waals surface area contributed by atoms with Crippen molar-refractivity contribution in [3.8, 4) is 0 Å². The zero-order valence-corrected chi connectivity index (χ0v) is 8.70. The van der Waals surface area contributed by atoms with Crippen molar-refractivity contribution in [2.75, 3.05) is 21.1 Å². The molecule has 0 radical (unpaired) electrons. The first kappa shape index (κ1) is 11.6. The molecule has 0 aromatic heterocycles. The first-order chi connectivity index (χ1) is 7.08. The zero-order chi connectivity index (χ0) is 11.6. The number of nitrogens with zero attached hydrogens (tertiary/aromatic N) is 2. The number of amides is 4. The van der Waals surface area contributed by atoms with Crippen LogP contribution >= 0.6 is 0 Å². The highest BCUT2D eigenvalue weighted by molar-refractivity contribution is 6.18. The molecule has 1 rings (SSSR count). The van der Waals surface area contributed by atoms with E-state index in [1.807, 2.05) is 0 Å². The minimum atomic E-state index is -1.05. The Hall–Kier alpha value is -1.51. The van der Waals surface area contributed by atoms with Gasteiger partial charge in [-0.25, -0.2) is 15.6 Å². The van der Waals surface area contributed by atoms with Crippen LogP contribution in [0.1, 0.15) is 0 Å². The zero-order valence-electron chi connectivity index (χ0n) is 8.70. The Balaban J connectivity index is 3.03. The van der Waals surface area contributed by atoms with E-state index >= 15 is 0 Å². The second kappa shape index (κ2) is 4.34. The van der Waals surface area contributed by atoms with E-state index in [0.717, 1.165) is 10.0 Å². The van der Waals surface area contributed by atoms with Crippen LogP contribution in [0.5, 0.6) is 0 Å². The standard InChI is InChI=1S/C7H13N5O3/c1-8-4-5(13)11(9-2)7(15)12(10-3)6(4)14/h4,8-10H,1-3H3. The van der Waals surface area contributed by atoms with Crippen LogP contribution in [0.2, 0.25) is 0 Å². The summed E-state index contributed by atoms with van der Waals surface area (Å²) in [4.78, 5) is 34.7. The van der Waals surface area contributed by atoms with Crippen molar-refractivity contribution >= 4 is 17.8 Å². The molecule has 1 aliphatic rings. The second-order valence-electron chi connectivity index (χ2n) is 2.80. The Kier molecular flexibility index (Phi) is 3.35. The monoisotopic (exact) mass is 215 g/mol. The molecule has 4 amide bonds. The van der Waals surface area contributed by atoms with E-state index in [4.69, 9.17) is 0 Å². The van der Waals surface area contributed by atoms with Gasteiger partial charge in [0.2, 0.25) is 0 Å². The highest BCUT2D eigenvalue weighted by Gasteiger charge is 2.44. The average molecular weight is 215 g/mol. The van der Waals surface area contributed by atoms with E-state index in [0.29, 0.717) is 0 Å². The van der Waals surface area contributed by atoms with Gasteiger partial charge in [-0.2, -0.15) is 10.0 Å². The largest absolute Gasteiger partial charge is 0.363 e. The van der Waals surface area contributed by atoms with Gasteiger partial charge in [-0.15, -0.1) is 0 Å². The van der Waals surface area contributed by atoms with Crippen LogP contribution in [0.15, 0.2) is 0 Å². The molecule has 0 saturated carbocycles. The van der Waals surface area contributed by atoms with Gasteiger partial charge in [0.1, 0.15) is 0 Å². The number of likely N-dealkylation sites (N-methyl/N-ethyl adjacent to an activating group) is 1. The smallest absolute Gasteiger partial charge is 0.301 e. The van der Waals surface area contributed by atoms with E-state index in [1.54, 1.807) is 0 Å². The van der Waals surface area contributed by atoms with Crippen LogP contribution in [0.4, 0.5) is 4.79 Å². The fourth-order valence-corrected chi connectivity index (χ4v) is 1.31. The van der Waals surface area contributed by atoms with Crippen LogP contribution in [0.3, 0.4) is 0 Å². The quantitative estimate of drug-likeness (QED) is 0.456. The molecule has 8 nitrogen and oxygen atoms in total. The first-order valence-electron chi connectivity index (χ1n) is 4.32. The van der Waals surface area contributed by atoms with Gasteiger partial charge in [0.25, 0.3) is 11.8 Å². The molecule has 1 heterocycles. The summed E-state index contributed by atoms with van der Waals surface area (Å²) in [5.41, 5.74) is 4.83. The summed E-state index contributed by atoms with van der Waals surface area (Å²) >= 11 is 0. The summed E-state index contributed by atoms with van der Waals surface area (Å²) in [5, 5.41) is 4.06. The maximum absolute atomic E-state index is 11.6. The topological polar surface area (TPSA) is 93.8 Å². The summed E-state index contributed by atoms with van der Waals surface area (Å²) in [5.74, 6) is -1.25. The van der Waals surface area contributed by atoms with Crippen molar-refractivity contribution in [2.45, 2.75) is 6.04 Å². The van der Waals surface area contributed by atoms with Crippen molar-refractivity contribution in [2.24, 2.45) is 0 Å². The van der Waals surface area contributed by atoms with Crippen LogP contribution in [0.25, 0.3) is 0 Å². The average Bonchev–Trinajstić information content (AvgIpc) is 2.19. The molecule has 1 fully saturated rings. The van der Waals surface area contributed by atoms with Crippen LogP contribution in [0, 0.1) is 0 Å². The predicted octanol–water partition coefficient (Wildman–Crippen LogP) is -2.37. The highest BCUT2D eigenvalue weighted by Crippen LogP contribution is 2.07. The Morgan fingerprint density at radius 2 is 1.33 bits per heavy atom. The molecule has 15 heavy (non-hydrogen) atoms. The molecule has 0 unspecified atom stereocenters. The maximum atomic E-state index is 11.6. The van der Waals surface area contributed by atoms with Crippen LogP contribution < -0.4 is 16.2 Å². The Morgan fingerprint density at radius 1 is 0.933 bits per heavy atom. The lowest BCUT2D eigenvalue weighted by Crippen LogP contribution is -2.70. The summed E-state index contributed by atoms with van der Waals surface area (Å²) < 4.78 is 0. The molecular formula is C7H13N5O3. The lowest BCUT2D eigenvalue weighted by Gasteiger charge is -2.34. The Morgan fingerprint density at radius 3 is 1.60 bits per heavy atom. The molecule has 84 valence electrons. The number of imide groups is 2. The van der Waals surface area contributed by atoms with Crippen molar-refractivity contribution in [3.05, 3.63) is 0 Å². The van der Waals surface area contributed by atoms with Gasteiger partial charge >= 0.3 is 6.03 Å². The number of rotatable bonds is 3. The summed E-state index contributed by atoms with van der Waals surface area (Å²) in [7, 11) is 4.32. The van der Waals surface area contributed by atoms with Gasteiger partial charge in [-0.1, -0.05) is 0 Å². The van der Waals surface area contributed by atoms with Gasteiger partial charge in [0.05, 0.1) is 0 Å². The van der Waals surface area contributed by atoms with Crippen LogP contribution in [-0.2, 0) is 9.59 Å². The molecule has 0 spiro atoms. The molecule has 0 aromatic carbocycles. The molecule has 0 atom stereocenters.